The average Bonchev–Trinajstić information content (AvgIpc) is 3.03. The van der Waals surface area contributed by atoms with E-state index in [2.05, 4.69) is 4.98 Å². The predicted molar refractivity (Wildman–Crippen MR) is 99.3 cm³/mol. The molecule has 0 fully saturated rings. The molecule has 3 aromatic rings. The number of benzene rings is 2. The summed E-state index contributed by atoms with van der Waals surface area (Å²) < 4.78 is 0. The van der Waals surface area contributed by atoms with Crippen LogP contribution < -0.4 is 0 Å². The Hall–Kier alpha value is -3.14. The Labute approximate surface area is 157 Å². The maximum Gasteiger partial charge on any atom is 0.270 e. The van der Waals surface area contributed by atoms with E-state index in [0.29, 0.717) is 21.5 Å². The molecule has 0 aliphatic rings. The third kappa shape index (κ3) is 3.31. The van der Waals surface area contributed by atoms with Gasteiger partial charge in [-0.2, -0.15) is 5.26 Å². The number of aromatic amines is 1. The summed E-state index contributed by atoms with van der Waals surface area (Å²) in [5, 5.41) is 21.6. The lowest BCUT2D eigenvalue weighted by Gasteiger charge is -2.01. The third-order valence-electron chi connectivity index (χ3n) is 3.74. The molecular formula is C18H9Cl2N3O3. The zero-order valence-electron chi connectivity index (χ0n) is 13.0. The van der Waals surface area contributed by atoms with Crippen molar-refractivity contribution >= 4 is 51.7 Å². The molecule has 0 unspecified atom stereocenters. The Bertz CT molecular complexity index is 1130. The standard InChI is InChI=1S/C18H9Cl2N3O3/c19-12-1-3-14-15(9-22-17(14)7-12)18(24)11(8-21)5-10-6-13(23(25)26)2-4-16(10)20/h1-7,9,22H/b11-5+. The zero-order chi connectivity index (χ0) is 18.8. The highest BCUT2D eigenvalue weighted by Gasteiger charge is 2.18. The quantitative estimate of drug-likeness (QED) is 0.220. The summed E-state index contributed by atoms with van der Waals surface area (Å²) in [5.41, 5.74) is 0.793. The van der Waals surface area contributed by atoms with E-state index in [-0.39, 0.29) is 21.8 Å². The van der Waals surface area contributed by atoms with E-state index in [9.17, 15) is 20.2 Å². The van der Waals surface area contributed by atoms with Gasteiger partial charge in [0.05, 0.1) is 4.92 Å². The van der Waals surface area contributed by atoms with Crippen molar-refractivity contribution < 1.29 is 9.72 Å². The van der Waals surface area contributed by atoms with Crippen molar-refractivity contribution in [2.75, 3.05) is 0 Å². The molecule has 0 atom stereocenters. The second-order valence-electron chi connectivity index (χ2n) is 5.35. The van der Waals surface area contributed by atoms with Crippen LogP contribution in [-0.4, -0.2) is 15.7 Å². The summed E-state index contributed by atoms with van der Waals surface area (Å²) in [7, 11) is 0. The number of fused-ring (bicyclic) bond motifs is 1. The molecule has 1 heterocycles. The van der Waals surface area contributed by atoms with Gasteiger partial charge in [-0.3, -0.25) is 14.9 Å². The molecule has 0 radical (unpaired) electrons. The SMILES string of the molecule is N#C/C(=C\c1cc([N+](=O)[O-])ccc1Cl)C(=O)c1c[nH]c2cc(Cl)ccc12. The van der Waals surface area contributed by atoms with Crippen LogP contribution in [0.5, 0.6) is 0 Å². The highest BCUT2D eigenvalue weighted by molar-refractivity contribution is 6.33. The van der Waals surface area contributed by atoms with Crippen molar-refractivity contribution in [1.82, 2.24) is 4.98 Å². The normalized spacial score (nSPS) is 11.3. The van der Waals surface area contributed by atoms with E-state index in [4.69, 9.17) is 23.2 Å². The van der Waals surface area contributed by atoms with Crippen molar-refractivity contribution in [2.24, 2.45) is 0 Å². The van der Waals surface area contributed by atoms with E-state index in [0.717, 1.165) is 0 Å². The number of nitriles is 1. The first-order valence-corrected chi connectivity index (χ1v) is 8.03. The Morgan fingerprint density at radius 1 is 1.23 bits per heavy atom. The number of nitro benzene ring substituents is 1. The number of hydrogen-bond donors (Lipinski definition) is 1. The van der Waals surface area contributed by atoms with Crippen LogP contribution in [0.4, 0.5) is 5.69 Å². The Kier molecular flexibility index (Phi) is 4.76. The van der Waals surface area contributed by atoms with Gasteiger partial charge < -0.3 is 4.98 Å². The number of H-pyrrole nitrogens is 1. The summed E-state index contributed by atoms with van der Waals surface area (Å²) in [4.78, 5) is 26.0. The van der Waals surface area contributed by atoms with E-state index in [1.165, 1.54) is 30.5 Å². The van der Waals surface area contributed by atoms with Gasteiger partial charge in [0.2, 0.25) is 5.78 Å². The van der Waals surface area contributed by atoms with Crippen molar-refractivity contribution in [1.29, 1.82) is 5.26 Å². The molecular weight excluding hydrogens is 377 g/mol. The number of nitro groups is 1. The molecule has 0 bridgehead atoms. The number of carbonyl (C=O) groups is 1. The molecule has 0 saturated carbocycles. The van der Waals surface area contributed by atoms with Gasteiger partial charge in [0.15, 0.2) is 0 Å². The van der Waals surface area contributed by atoms with Crippen LogP contribution in [0, 0.1) is 21.4 Å². The van der Waals surface area contributed by atoms with Crippen molar-refractivity contribution in [3.05, 3.63) is 79.5 Å². The first-order valence-electron chi connectivity index (χ1n) is 7.28. The van der Waals surface area contributed by atoms with E-state index < -0.39 is 10.7 Å². The fourth-order valence-electron chi connectivity index (χ4n) is 2.49. The first-order chi connectivity index (χ1) is 12.4. The lowest BCUT2D eigenvalue weighted by Crippen LogP contribution is -2.01. The van der Waals surface area contributed by atoms with Gasteiger partial charge in [0.25, 0.3) is 5.69 Å². The number of halogens is 2. The molecule has 0 aliphatic heterocycles. The summed E-state index contributed by atoms with van der Waals surface area (Å²) in [5.74, 6) is -0.524. The molecule has 26 heavy (non-hydrogen) atoms. The Morgan fingerprint density at radius 3 is 2.69 bits per heavy atom. The van der Waals surface area contributed by atoms with Crippen LogP contribution in [0.15, 0.2) is 48.2 Å². The summed E-state index contributed by atoms with van der Waals surface area (Å²) in [6.45, 7) is 0. The van der Waals surface area contributed by atoms with Crippen LogP contribution in [0.3, 0.4) is 0 Å². The topological polar surface area (TPSA) is 99.8 Å². The predicted octanol–water partition coefficient (Wildman–Crippen LogP) is 5.17. The number of hydrogen-bond acceptors (Lipinski definition) is 4. The van der Waals surface area contributed by atoms with Crippen molar-refractivity contribution in [2.45, 2.75) is 0 Å². The second kappa shape index (κ2) is 7.00. The highest BCUT2D eigenvalue weighted by atomic mass is 35.5. The minimum absolute atomic E-state index is 0.188. The van der Waals surface area contributed by atoms with Gasteiger partial charge in [0.1, 0.15) is 11.6 Å². The number of rotatable bonds is 4. The van der Waals surface area contributed by atoms with E-state index in [1.54, 1.807) is 18.2 Å². The Balaban J connectivity index is 2.07. The monoisotopic (exact) mass is 385 g/mol. The van der Waals surface area contributed by atoms with Crippen molar-refractivity contribution in [3.8, 4) is 6.07 Å². The minimum atomic E-state index is -0.578. The van der Waals surface area contributed by atoms with Gasteiger partial charge in [-0.05, 0) is 24.3 Å². The summed E-state index contributed by atoms with van der Waals surface area (Å²) >= 11 is 12.0. The molecule has 128 valence electrons. The highest BCUT2D eigenvalue weighted by Crippen LogP contribution is 2.27. The molecule has 8 heteroatoms. The number of non-ortho nitro benzene ring substituents is 1. The maximum absolute atomic E-state index is 12.7. The molecule has 1 aromatic heterocycles. The van der Waals surface area contributed by atoms with Gasteiger partial charge in [-0.15, -0.1) is 0 Å². The molecule has 0 spiro atoms. The van der Waals surface area contributed by atoms with Crippen LogP contribution in [0.2, 0.25) is 10.0 Å². The molecule has 0 saturated heterocycles. The number of carbonyl (C=O) groups excluding carboxylic acids is 1. The average molecular weight is 386 g/mol. The maximum atomic E-state index is 12.7. The number of Topliss-reactive ketones (excluding diaryl/α,β-unsaturated/α-hetero) is 1. The molecule has 2 aromatic carbocycles. The lowest BCUT2D eigenvalue weighted by atomic mass is 10.0. The summed E-state index contributed by atoms with van der Waals surface area (Å²) in [6, 6.07) is 10.6. The molecule has 0 amide bonds. The largest absolute Gasteiger partial charge is 0.360 e. The molecule has 3 rings (SSSR count). The molecule has 6 nitrogen and oxygen atoms in total. The summed E-state index contributed by atoms with van der Waals surface area (Å²) in [6.07, 6.45) is 2.73. The van der Waals surface area contributed by atoms with Gasteiger partial charge in [-0.1, -0.05) is 29.3 Å². The zero-order valence-corrected chi connectivity index (χ0v) is 14.5. The number of ketones is 1. The van der Waals surface area contributed by atoms with Gasteiger partial charge in [0, 0.05) is 50.4 Å². The third-order valence-corrected chi connectivity index (χ3v) is 4.32. The van der Waals surface area contributed by atoms with Crippen LogP contribution in [0.1, 0.15) is 15.9 Å². The van der Waals surface area contributed by atoms with Gasteiger partial charge in [-0.25, -0.2) is 0 Å². The lowest BCUT2D eigenvalue weighted by molar-refractivity contribution is -0.384. The first kappa shape index (κ1) is 17.7. The van der Waals surface area contributed by atoms with Gasteiger partial charge >= 0.3 is 0 Å². The van der Waals surface area contributed by atoms with Crippen LogP contribution in [0.25, 0.3) is 17.0 Å². The number of nitrogens with zero attached hydrogens (tertiary/aromatic N) is 2. The smallest absolute Gasteiger partial charge is 0.270 e. The number of aromatic nitrogens is 1. The minimum Gasteiger partial charge on any atom is -0.360 e. The fourth-order valence-corrected chi connectivity index (χ4v) is 2.83. The van der Waals surface area contributed by atoms with E-state index >= 15 is 0 Å². The van der Waals surface area contributed by atoms with Crippen LogP contribution >= 0.6 is 23.2 Å². The molecule has 0 aliphatic carbocycles. The van der Waals surface area contributed by atoms with E-state index in [1.807, 2.05) is 6.07 Å². The van der Waals surface area contributed by atoms with Crippen molar-refractivity contribution in [3.63, 3.8) is 0 Å². The Morgan fingerprint density at radius 2 is 2.00 bits per heavy atom. The fraction of sp³-hybridized carbons (Fsp3) is 0. The molecule has 1 N–H and O–H groups in total. The second-order valence-corrected chi connectivity index (χ2v) is 6.20. The van der Waals surface area contributed by atoms with Crippen LogP contribution in [-0.2, 0) is 0 Å². The number of nitrogens with one attached hydrogen (secondary N) is 1. The number of allylic oxidation sites excluding steroid dienone is 1.